The van der Waals surface area contributed by atoms with Gasteiger partial charge in [0.05, 0.1) is 18.7 Å². The van der Waals surface area contributed by atoms with Gasteiger partial charge >= 0.3 is 12.1 Å². The number of alkyl halides is 3. The van der Waals surface area contributed by atoms with Crippen LogP contribution in [-0.4, -0.2) is 35.4 Å². The lowest BCUT2D eigenvalue weighted by Gasteiger charge is -2.19. The maximum atomic E-state index is 13.3. The molecule has 0 fully saturated rings. The van der Waals surface area contributed by atoms with Gasteiger partial charge in [0, 0.05) is 25.5 Å². The number of nitrogens with zero attached hydrogens (tertiary/aromatic N) is 2. The Kier molecular flexibility index (Phi) is 7.77. The van der Waals surface area contributed by atoms with Crippen molar-refractivity contribution in [3.63, 3.8) is 0 Å². The molecule has 1 heterocycles. The van der Waals surface area contributed by atoms with Gasteiger partial charge in [-0.3, -0.25) is 0 Å². The first-order valence-corrected chi connectivity index (χ1v) is 9.33. The quantitative estimate of drug-likeness (QED) is 0.423. The fraction of sp³-hybridized carbons (Fsp3) is 0.400. The van der Waals surface area contributed by atoms with Gasteiger partial charge in [0.25, 0.3) is 6.10 Å². The topological polar surface area (TPSA) is 62.6 Å². The van der Waals surface area contributed by atoms with Crippen LogP contribution in [0.1, 0.15) is 31.3 Å². The van der Waals surface area contributed by atoms with Crippen molar-refractivity contribution in [2.45, 2.75) is 26.1 Å². The van der Waals surface area contributed by atoms with E-state index < -0.39 is 24.1 Å². The molecule has 0 amide bonds. The van der Waals surface area contributed by atoms with E-state index in [1.807, 2.05) is 13.8 Å². The summed E-state index contributed by atoms with van der Waals surface area (Å²) >= 11 is 6.23. The minimum absolute atomic E-state index is 0.240. The molecule has 2 rings (SSSR count). The van der Waals surface area contributed by atoms with Crippen LogP contribution in [0.3, 0.4) is 0 Å². The lowest BCUT2D eigenvalue weighted by molar-refractivity contribution is -0.223. The van der Waals surface area contributed by atoms with Crippen LogP contribution in [0.5, 0.6) is 11.5 Å². The fourth-order valence-corrected chi connectivity index (χ4v) is 2.72. The van der Waals surface area contributed by atoms with Gasteiger partial charge in [-0.2, -0.15) is 13.2 Å². The summed E-state index contributed by atoms with van der Waals surface area (Å²) in [5, 5.41) is 0.240. The molecule has 10 heteroatoms. The number of ether oxygens (including phenoxy) is 3. The van der Waals surface area contributed by atoms with Gasteiger partial charge in [-0.15, -0.1) is 0 Å². The molecule has 6 nitrogen and oxygen atoms in total. The molecule has 0 spiro atoms. The molecule has 1 atom stereocenters. The number of hydrogen-bond donors (Lipinski definition) is 0. The van der Waals surface area contributed by atoms with Crippen LogP contribution in [-0.2, 0) is 16.6 Å². The number of methoxy groups -OCH3 is 1. The molecular formula is C20H22ClF3N2O4. The molecule has 0 saturated carbocycles. The van der Waals surface area contributed by atoms with Gasteiger partial charge in [-0.25, -0.2) is 9.78 Å². The summed E-state index contributed by atoms with van der Waals surface area (Å²) in [7, 11) is 2.80. The average molecular weight is 447 g/mol. The van der Waals surface area contributed by atoms with Crippen molar-refractivity contribution >= 4 is 23.6 Å². The second-order valence-corrected chi connectivity index (χ2v) is 7.23. The van der Waals surface area contributed by atoms with E-state index in [2.05, 4.69) is 9.72 Å². The van der Waals surface area contributed by atoms with Crippen LogP contribution < -0.4 is 9.47 Å². The Morgan fingerprint density at radius 1 is 1.33 bits per heavy atom. The first-order valence-electron chi connectivity index (χ1n) is 8.95. The summed E-state index contributed by atoms with van der Waals surface area (Å²) in [6, 6.07) is 3.05. The SMILES string of the molecule is COc1cc(C=CC(=O)OC(c2nccn2C)C(F)(F)F)cc(Cl)c1OCC(C)C. The van der Waals surface area contributed by atoms with Crippen LogP contribution in [0.25, 0.3) is 6.08 Å². The number of benzene rings is 1. The maximum absolute atomic E-state index is 13.3. The number of hydrogen-bond acceptors (Lipinski definition) is 5. The van der Waals surface area contributed by atoms with E-state index in [0.29, 0.717) is 23.7 Å². The standard InChI is InChI=1S/C20H22ClF3N2O4/c1-12(2)11-29-17-14(21)9-13(10-15(17)28-4)5-6-16(27)30-18(20(22,23)24)19-25-7-8-26(19)3/h5-10,12,18H,11H2,1-4H3. The highest BCUT2D eigenvalue weighted by Gasteiger charge is 2.46. The van der Waals surface area contributed by atoms with Gasteiger partial charge in [-0.1, -0.05) is 25.4 Å². The van der Waals surface area contributed by atoms with Crippen molar-refractivity contribution in [2.24, 2.45) is 13.0 Å². The van der Waals surface area contributed by atoms with E-state index in [9.17, 15) is 18.0 Å². The molecule has 0 aliphatic heterocycles. The molecule has 1 aromatic heterocycles. The van der Waals surface area contributed by atoms with Gasteiger partial charge in [0.1, 0.15) is 0 Å². The number of carbonyl (C=O) groups is 1. The number of halogens is 4. The summed E-state index contributed by atoms with van der Waals surface area (Å²) in [6.07, 6.45) is -2.63. The molecule has 0 N–H and O–H groups in total. The predicted molar refractivity (Wildman–Crippen MR) is 105 cm³/mol. The van der Waals surface area contributed by atoms with Crippen molar-refractivity contribution < 1.29 is 32.2 Å². The molecule has 0 aliphatic carbocycles. The molecule has 2 aromatic rings. The molecule has 1 unspecified atom stereocenters. The highest BCUT2D eigenvalue weighted by Crippen LogP contribution is 2.37. The molecule has 0 radical (unpaired) electrons. The molecule has 164 valence electrons. The summed E-state index contributed by atoms with van der Waals surface area (Å²) in [5.41, 5.74) is 0.422. The van der Waals surface area contributed by atoms with Crippen LogP contribution >= 0.6 is 11.6 Å². The lowest BCUT2D eigenvalue weighted by atomic mass is 10.2. The van der Waals surface area contributed by atoms with Crippen molar-refractivity contribution in [2.75, 3.05) is 13.7 Å². The van der Waals surface area contributed by atoms with Gasteiger partial charge in [-0.05, 0) is 29.7 Å². The minimum Gasteiger partial charge on any atom is -0.493 e. The van der Waals surface area contributed by atoms with Crippen molar-refractivity contribution in [3.8, 4) is 11.5 Å². The molecule has 0 aliphatic rings. The van der Waals surface area contributed by atoms with Crippen molar-refractivity contribution in [1.82, 2.24) is 9.55 Å². The Morgan fingerprint density at radius 2 is 2.03 bits per heavy atom. The first-order chi connectivity index (χ1) is 14.0. The third-order valence-corrected chi connectivity index (χ3v) is 4.13. The number of aryl methyl sites for hydroxylation is 1. The molecular weight excluding hydrogens is 425 g/mol. The minimum atomic E-state index is -4.81. The van der Waals surface area contributed by atoms with E-state index in [-0.39, 0.29) is 10.9 Å². The summed E-state index contributed by atoms with van der Waals surface area (Å²) < 4.78 is 56.6. The lowest BCUT2D eigenvalue weighted by Crippen LogP contribution is -2.28. The molecule has 0 saturated heterocycles. The van der Waals surface area contributed by atoms with E-state index >= 15 is 0 Å². The summed E-state index contributed by atoms with van der Waals surface area (Å²) in [4.78, 5) is 15.7. The fourth-order valence-electron chi connectivity index (χ4n) is 2.44. The van der Waals surface area contributed by atoms with Gasteiger partial charge in [0.15, 0.2) is 17.3 Å². The van der Waals surface area contributed by atoms with Crippen LogP contribution in [0, 0.1) is 5.92 Å². The van der Waals surface area contributed by atoms with E-state index in [1.165, 1.54) is 38.7 Å². The molecule has 30 heavy (non-hydrogen) atoms. The van der Waals surface area contributed by atoms with E-state index in [1.54, 1.807) is 6.07 Å². The van der Waals surface area contributed by atoms with E-state index in [0.717, 1.165) is 10.6 Å². The highest BCUT2D eigenvalue weighted by atomic mass is 35.5. The number of imidazole rings is 1. The Bertz CT molecular complexity index is 910. The number of esters is 1. The van der Waals surface area contributed by atoms with Crippen molar-refractivity contribution in [3.05, 3.63) is 47.0 Å². The van der Waals surface area contributed by atoms with Crippen LogP contribution in [0.15, 0.2) is 30.6 Å². The Labute approximate surface area is 177 Å². The number of aromatic nitrogens is 2. The summed E-state index contributed by atoms with van der Waals surface area (Å²) in [6.45, 7) is 4.37. The molecule has 0 bridgehead atoms. The maximum Gasteiger partial charge on any atom is 0.432 e. The zero-order valence-corrected chi connectivity index (χ0v) is 17.6. The Balaban J connectivity index is 2.19. The first kappa shape index (κ1) is 23.6. The zero-order chi connectivity index (χ0) is 22.5. The Hall–Kier alpha value is -2.68. The van der Waals surface area contributed by atoms with Crippen LogP contribution in [0.4, 0.5) is 13.2 Å². The number of carbonyl (C=O) groups excluding carboxylic acids is 1. The second kappa shape index (κ2) is 9.88. The van der Waals surface area contributed by atoms with Crippen molar-refractivity contribution in [1.29, 1.82) is 0 Å². The largest absolute Gasteiger partial charge is 0.493 e. The highest BCUT2D eigenvalue weighted by molar-refractivity contribution is 6.32. The second-order valence-electron chi connectivity index (χ2n) is 6.83. The Morgan fingerprint density at radius 3 is 2.57 bits per heavy atom. The molecule has 1 aromatic carbocycles. The van der Waals surface area contributed by atoms with Gasteiger partial charge in [0.2, 0.25) is 0 Å². The zero-order valence-electron chi connectivity index (χ0n) is 16.9. The number of rotatable bonds is 8. The third kappa shape index (κ3) is 6.16. The van der Waals surface area contributed by atoms with Crippen LogP contribution in [0.2, 0.25) is 5.02 Å². The van der Waals surface area contributed by atoms with Gasteiger partial charge < -0.3 is 18.8 Å². The smallest absolute Gasteiger partial charge is 0.432 e. The predicted octanol–water partition coefficient (Wildman–Crippen LogP) is 4.98. The normalized spacial score (nSPS) is 13.0. The average Bonchev–Trinajstić information content (AvgIpc) is 3.07. The summed E-state index contributed by atoms with van der Waals surface area (Å²) in [5.74, 6) is -0.673. The van der Waals surface area contributed by atoms with E-state index in [4.69, 9.17) is 21.1 Å². The monoisotopic (exact) mass is 446 g/mol. The third-order valence-electron chi connectivity index (χ3n) is 3.85.